The van der Waals surface area contributed by atoms with Crippen LogP contribution in [0.15, 0.2) is 42.5 Å². The first-order valence-corrected chi connectivity index (χ1v) is 7.85. The first-order valence-electron chi connectivity index (χ1n) is 7.85. The zero-order chi connectivity index (χ0) is 18.4. The summed E-state index contributed by atoms with van der Waals surface area (Å²) in [6, 6.07) is 12.5. The molecule has 2 rings (SSSR count). The van der Waals surface area contributed by atoms with Gasteiger partial charge in [0.15, 0.2) is 0 Å². The van der Waals surface area contributed by atoms with E-state index in [2.05, 4.69) is 0 Å². The second kappa shape index (κ2) is 8.19. The molecule has 0 radical (unpaired) electrons. The molecule has 2 amide bonds. The predicted molar refractivity (Wildman–Crippen MR) is 96.2 cm³/mol. The minimum atomic E-state index is -0.469. The Morgan fingerprint density at radius 2 is 1.84 bits per heavy atom. The zero-order valence-electron chi connectivity index (χ0n) is 14.6. The summed E-state index contributed by atoms with van der Waals surface area (Å²) in [5.41, 5.74) is 7.32. The van der Waals surface area contributed by atoms with Gasteiger partial charge in [-0.1, -0.05) is 12.1 Å². The van der Waals surface area contributed by atoms with Crippen LogP contribution in [0.2, 0.25) is 0 Å². The van der Waals surface area contributed by atoms with Gasteiger partial charge < -0.3 is 20.1 Å². The van der Waals surface area contributed by atoms with Crippen LogP contribution in [0.3, 0.4) is 0 Å². The van der Waals surface area contributed by atoms with Crippen molar-refractivity contribution >= 4 is 17.5 Å². The molecule has 2 aromatic carbocycles. The Balaban J connectivity index is 2.46. The van der Waals surface area contributed by atoms with Gasteiger partial charge >= 0.3 is 0 Å². The number of aryl methyl sites for hydroxylation is 1. The molecule has 0 heterocycles. The molecule has 6 heteroatoms. The van der Waals surface area contributed by atoms with E-state index >= 15 is 0 Å². The SMILES string of the molecule is COc1ccc(OC)c(C(=O)N(CCC(N)=O)c2cccc(C)c2)c1. The van der Waals surface area contributed by atoms with Crippen LogP contribution in [0.4, 0.5) is 5.69 Å². The van der Waals surface area contributed by atoms with E-state index in [1.165, 1.54) is 19.1 Å². The van der Waals surface area contributed by atoms with Gasteiger partial charge in [0.2, 0.25) is 5.91 Å². The first-order chi connectivity index (χ1) is 12.0. The van der Waals surface area contributed by atoms with Crippen LogP contribution in [0, 0.1) is 6.92 Å². The van der Waals surface area contributed by atoms with E-state index in [0.29, 0.717) is 22.7 Å². The van der Waals surface area contributed by atoms with Crippen molar-refractivity contribution in [2.45, 2.75) is 13.3 Å². The van der Waals surface area contributed by atoms with E-state index in [1.54, 1.807) is 18.2 Å². The Hall–Kier alpha value is -3.02. The average molecular weight is 342 g/mol. The van der Waals surface area contributed by atoms with Gasteiger partial charge in [0.1, 0.15) is 11.5 Å². The topological polar surface area (TPSA) is 81.9 Å². The molecule has 25 heavy (non-hydrogen) atoms. The van der Waals surface area contributed by atoms with Crippen LogP contribution in [0.1, 0.15) is 22.3 Å². The number of nitrogens with two attached hydrogens (primary N) is 1. The van der Waals surface area contributed by atoms with Crippen LogP contribution in [0.25, 0.3) is 0 Å². The van der Waals surface area contributed by atoms with E-state index < -0.39 is 5.91 Å². The van der Waals surface area contributed by atoms with Gasteiger partial charge in [0, 0.05) is 18.7 Å². The Morgan fingerprint density at radius 1 is 1.08 bits per heavy atom. The number of hydrogen-bond acceptors (Lipinski definition) is 4. The van der Waals surface area contributed by atoms with Gasteiger partial charge in [0.05, 0.1) is 19.8 Å². The van der Waals surface area contributed by atoms with Gasteiger partial charge in [0.25, 0.3) is 5.91 Å². The fraction of sp³-hybridized carbons (Fsp3) is 0.263. The Kier molecular flexibility index (Phi) is 6.00. The summed E-state index contributed by atoms with van der Waals surface area (Å²) in [6.07, 6.45) is 0.0615. The van der Waals surface area contributed by atoms with E-state index in [4.69, 9.17) is 15.2 Å². The number of rotatable bonds is 7. The summed E-state index contributed by atoms with van der Waals surface area (Å²) >= 11 is 0. The highest BCUT2D eigenvalue weighted by Gasteiger charge is 2.22. The highest BCUT2D eigenvalue weighted by Crippen LogP contribution is 2.27. The smallest absolute Gasteiger partial charge is 0.262 e. The van der Waals surface area contributed by atoms with Gasteiger partial charge in [-0.3, -0.25) is 9.59 Å². The number of carbonyl (C=O) groups is 2. The molecule has 0 aliphatic carbocycles. The normalized spacial score (nSPS) is 10.2. The number of primary amides is 1. The lowest BCUT2D eigenvalue weighted by atomic mass is 10.1. The van der Waals surface area contributed by atoms with Gasteiger partial charge in [-0.2, -0.15) is 0 Å². The minimum absolute atomic E-state index is 0.0615. The summed E-state index contributed by atoms with van der Waals surface area (Å²) < 4.78 is 10.5. The van der Waals surface area contributed by atoms with Crippen molar-refractivity contribution in [3.8, 4) is 11.5 Å². The number of anilines is 1. The summed E-state index contributed by atoms with van der Waals surface area (Å²) in [5.74, 6) is 0.219. The van der Waals surface area contributed by atoms with E-state index in [9.17, 15) is 9.59 Å². The lowest BCUT2D eigenvalue weighted by Crippen LogP contribution is -2.34. The monoisotopic (exact) mass is 342 g/mol. The Bertz CT molecular complexity index is 774. The lowest BCUT2D eigenvalue weighted by molar-refractivity contribution is -0.117. The number of ether oxygens (including phenoxy) is 2. The van der Waals surface area contributed by atoms with E-state index in [1.807, 2.05) is 31.2 Å². The standard InChI is InChI=1S/C19H22N2O4/c1-13-5-4-6-14(11-13)21(10-9-18(20)22)19(23)16-12-15(24-2)7-8-17(16)25-3/h4-8,11-12H,9-10H2,1-3H3,(H2,20,22). The fourth-order valence-corrected chi connectivity index (χ4v) is 2.49. The largest absolute Gasteiger partial charge is 0.497 e. The van der Waals surface area contributed by atoms with Crippen LogP contribution in [0.5, 0.6) is 11.5 Å². The second-order valence-corrected chi connectivity index (χ2v) is 5.58. The number of benzene rings is 2. The quantitative estimate of drug-likeness (QED) is 0.838. The molecular weight excluding hydrogens is 320 g/mol. The van der Waals surface area contributed by atoms with E-state index in [-0.39, 0.29) is 18.9 Å². The molecule has 0 saturated carbocycles. The van der Waals surface area contributed by atoms with Crippen LogP contribution in [-0.2, 0) is 4.79 Å². The summed E-state index contributed by atoms with van der Waals surface area (Å²) in [4.78, 5) is 25.9. The van der Waals surface area contributed by atoms with Crippen molar-refractivity contribution in [2.75, 3.05) is 25.7 Å². The number of carbonyl (C=O) groups excluding carboxylic acids is 2. The maximum atomic E-state index is 13.2. The van der Waals surface area contributed by atoms with Crippen molar-refractivity contribution in [1.29, 1.82) is 0 Å². The third kappa shape index (κ3) is 4.50. The van der Waals surface area contributed by atoms with Crippen molar-refractivity contribution in [3.63, 3.8) is 0 Å². The van der Waals surface area contributed by atoms with Gasteiger partial charge in [-0.15, -0.1) is 0 Å². The summed E-state index contributed by atoms with van der Waals surface area (Å²) in [6.45, 7) is 2.12. The molecule has 0 atom stereocenters. The summed E-state index contributed by atoms with van der Waals surface area (Å²) in [7, 11) is 3.03. The molecule has 0 unspecified atom stereocenters. The molecule has 2 aromatic rings. The third-order valence-corrected chi connectivity index (χ3v) is 3.78. The molecule has 6 nitrogen and oxygen atoms in total. The molecule has 132 valence electrons. The molecule has 2 N–H and O–H groups in total. The molecular formula is C19H22N2O4. The number of amides is 2. The first kappa shape index (κ1) is 18.3. The van der Waals surface area contributed by atoms with Crippen molar-refractivity contribution in [3.05, 3.63) is 53.6 Å². The molecule has 0 spiro atoms. The minimum Gasteiger partial charge on any atom is -0.497 e. The second-order valence-electron chi connectivity index (χ2n) is 5.58. The third-order valence-electron chi connectivity index (χ3n) is 3.78. The van der Waals surface area contributed by atoms with Gasteiger partial charge in [-0.25, -0.2) is 0 Å². The molecule has 0 fully saturated rings. The van der Waals surface area contributed by atoms with Crippen LogP contribution < -0.4 is 20.1 Å². The average Bonchev–Trinajstić information content (AvgIpc) is 2.61. The molecule has 0 saturated heterocycles. The highest BCUT2D eigenvalue weighted by atomic mass is 16.5. The molecule has 0 aromatic heterocycles. The number of nitrogens with zero attached hydrogens (tertiary/aromatic N) is 1. The molecule has 0 aliphatic rings. The lowest BCUT2D eigenvalue weighted by Gasteiger charge is -2.24. The number of methoxy groups -OCH3 is 2. The summed E-state index contributed by atoms with van der Waals surface area (Å²) in [5, 5.41) is 0. The molecule has 0 aliphatic heterocycles. The fourth-order valence-electron chi connectivity index (χ4n) is 2.49. The Labute approximate surface area is 147 Å². The van der Waals surface area contributed by atoms with Crippen LogP contribution in [-0.4, -0.2) is 32.6 Å². The Morgan fingerprint density at radius 3 is 2.44 bits per heavy atom. The highest BCUT2D eigenvalue weighted by molar-refractivity contribution is 6.08. The van der Waals surface area contributed by atoms with Crippen molar-refractivity contribution < 1.29 is 19.1 Å². The van der Waals surface area contributed by atoms with Crippen molar-refractivity contribution in [2.24, 2.45) is 5.73 Å². The number of hydrogen-bond donors (Lipinski definition) is 1. The molecule has 0 bridgehead atoms. The van der Waals surface area contributed by atoms with E-state index in [0.717, 1.165) is 5.56 Å². The van der Waals surface area contributed by atoms with Crippen molar-refractivity contribution in [1.82, 2.24) is 0 Å². The maximum Gasteiger partial charge on any atom is 0.262 e. The van der Waals surface area contributed by atoms with Crippen LogP contribution >= 0.6 is 0 Å². The zero-order valence-corrected chi connectivity index (χ0v) is 14.6. The maximum absolute atomic E-state index is 13.2. The predicted octanol–water partition coefficient (Wildman–Crippen LogP) is 2.53. The van der Waals surface area contributed by atoms with Gasteiger partial charge in [-0.05, 0) is 42.8 Å².